The third-order valence-electron chi connectivity index (χ3n) is 3.93. The fraction of sp³-hybridized carbons (Fsp3) is 0.150. The topological polar surface area (TPSA) is 20.3 Å². The lowest BCUT2D eigenvalue weighted by atomic mass is 10.0. The van der Waals surface area contributed by atoms with Gasteiger partial charge in [-0.1, -0.05) is 60.7 Å². The van der Waals surface area contributed by atoms with Crippen LogP contribution in [-0.4, -0.2) is 18.9 Å². The van der Waals surface area contributed by atoms with Gasteiger partial charge in [0.1, 0.15) is 0 Å². The Morgan fingerprint density at radius 3 is 2.32 bits per heavy atom. The highest BCUT2D eigenvalue weighted by atomic mass is 16.1. The number of Topliss-reactive ketones (excluding diaryl/α,β-unsaturated/α-hetero) is 1. The van der Waals surface area contributed by atoms with Crippen LogP contribution in [0, 0.1) is 0 Å². The standard InChI is InChI=1S/C20H19NO/c1-2-21(17-11-4-3-5-12-17)15-20(22)19-14-8-10-16-9-6-7-13-18(16)19/h3-14H,2,15H2,1H3. The Balaban J connectivity index is 1.90. The molecule has 0 aliphatic carbocycles. The molecule has 3 aromatic rings. The minimum Gasteiger partial charge on any atom is -0.364 e. The van der Waals surface area contributed by atoms with Gasteiger partial charge in [-0.3, -0.25) is 4.79 Å². The molecule has 0 heterocycles. The van der Waals surface area contributed by atoms with E-state index in [2.05, 4.69) is 11.8 Å². The van der Waals surface area contributed by atoms with E-state index in [0.29, 0.717) is 6.54 Å². The first-order chi connectivity index (χ1) is 10.8. The third-order valence-corrected chi connectivity index (χ3v) is 3.93. The first-order valence-electron chi connectivity index (χ1n) is 7.60. The number of para-hydroxylation sites is 1. The van der Waals surface area contributed by atoms with Crippen LogP contribution in [0.25, 0.3) is 10.8 Å². The van der Waals surface area contributed by atoms with Crippen LogP contribution in [0.4, 0.5) is 5.69 Å². The SMILES string of the molecule is CCN(CC(=O)c1cccc2ccccc12)c1ccccc1. The van der Waals surface area contributed by atoms with Crippen molar-refractivity contribution < 1.29 is 4.79 Å². The molecular weight excluding hydrogens is 270 g/mol. The molecule has 2 heteroatoms. The van der Waals surface area contributed by atoms with Crippen molar-refractivity contribution in [1.82, 2.24) is 0 Å². The molecule has 0 aliphatic rings. The van der Waals surface area contributed by atoms with Gasteiger partial charge >= 0.3 is 0 Å². The molecule has 110 valence electrons. The smallest absolute Gasteiger partial charge is 0.182 e. The number of nitrogens with zero attached hydrogens (tertiary/aromatic N) is 1. The third kappa shape index (κ3) is 2.86. The van der Waals surface area contributed by atoms with E-state index < -0.39 is 0 Å². The zero-order chi connectivity index (χ0) is 15.4. The van der Waals surface area contributed by atoms with E-state index in [0.717, 1.165) is 28.6 Å². The van der Waals surface area contributed by atoms with Gasteiger partial charge < -0.3 is 4.90 Å². The number of carbonyl (C=O) groups excluding carboxylic acids is 1. The van der Waals surface area contributed by atoms with Crippen LogP contribution in [0.15, 0.2) is 72.8 Å². The summed E-state index contributed by atoms with van der Waals surface area (Å²) in [5.74, 6) is 0.155. The number of ketones is 1. The predicted octanol–water partition coefficient (Wildman–Crippen LogP) is 4.55. The number of benzene rings is 3. The van der Waals surface area contributed by atoms with Gasteiger partial charge in [-0.2, -0.15) is 0 Å². The van der Waals surface area contributed by atoms with Gasteiger partial charge in [0.25, 0.3) is 0 Å². The zero-order valence-corrected chi connectivity index (χ0v) is 12.7. The fourth-order valence-electron chi connectivity index (χ4n) is 2.75. The molecule has 0 saturated carbocycles. The Morgan fingerprint density at radius 1 is 0.864 bits per heavy atom. The van der Waals surface area contributed by atoms with Gasteiger partial charge in [-0.05, 0) is 29.8 Å². The number of fused-ring (bicyclic) bond motifs is 1. The second kappa shape index (κ2) is 6.44. The summed E-state index contributed by atoms with van der Waals surface area (Å²) in [7, 11) is 0. The van der Waals surface area contributed by atoms with Gasteiger partial charge in [0.15, 0.2) is 5.78 Å². The Labute approximate surface area is 131 Å². The van der Waals surface area contributed by atoms with Crippen molar-refractivity contribution in [3.8, 4) is 0 Å². The molecule has 0 aromatic heterocycles. The van der Waals surface area contributed by atoms with Crippen molar-refractivity contribution in [3.63, 3.8) is 0 Å². The summed E-state index contributed by atoms with van der Waals surface area (Å²) in [5.41, 5.74) is 1.88. The summed E-state index contributed by atoms with van der Waals surface area (Å²) in [5, 5.41) is 2.13. The fourth-order valence-corrected chi connectivity index (χ4v) is 2.75. The highest BCUT2D eigenvalue weighted by molar-refractivity contribution is 6.09. The molecule has 3 aromatic carbocycles. The molecule has 0 saturated heterocycles. The molecule has 0 fully saturated rings. The van der Waals surface area contributed by atoms with E-state index in [1.807, 2.05) is 72.8 Å². The number of likely N-dealkylation sites (N-methyl/N-ethyl adjacent to an activating group) is 1. The van der Waals surface area contributed by atoms with E-state index in [1.54, 1.807) is 0 Å². The summed E-state index contributed by atoms with van der Waals surface area (Å²) in [6, 6.07) is 24.0. The summed E-state index contributed by atoms with van der Waals surface area (Å²) in [6.07, 6.45) is 0. The van der Waals surface area contributed by atoms with Crippen molar-refractivity contribution in [1.29, 1.82) is 0 Å². The lowest BCUT2D eigenvalue weighted by Crippen LogP contribution is -2.29. The maximum Gasteiger partial charge on any atom is 0.182 e. The second-order valence-electron chi connectivity index (χ2n) is 5.30. The normalized spacial score (nSPS) is 10.6. The average molecular weight is 289 g/mol. The van der Waals surface area contributed by atoms with Gasteiger partial charge in [-0.15, -0.1) is 0 Å². The summed E-state index contributed by atoms with van der Waals surface area (Å²) in [6.45, 7) is 3.28. The molecule has 3 rings (SSSR count). The second-order valence-corrected chi connectivity index (χ2v) is 5.30. The van der Waals surface area contributed by atoms with Crippen LogP contribution < -0.4 is 4.90 Å². The van der Waals surface area contributed by atoms with E-state index in [9.17, 15) is 4.79 Å². The van der Waals surface area contributed by atoms with E-state index >= 15 is 0 Å². The Morgan fingerprint density at radius 2 is 1.55 bits per heavy atom. The van der Waals surface area contributed by atoms with Gasteiger partial charge in [0, 0.05) is 17.8 Å². The lowest BCUT2D eigenvalue weighted by molar-refractivity contribution is 0.100. The number of anilines is 1. The molecule has 0 unspecified atom stereocenters. The highest BCUT2D eigenvalue weighted by Gasteiger charge is 2.14. The molecular formula is C20H19NO. The number of hydrogen-bond acceptors (Lipinski definition) is 2. The zero-order valence-electron chi connectivity index (χ0n) is 12.7. The molecule has 22 heavy (non-hydrogen) atoms. The molecule has 0 radical (unpaired) electrons. The first-order valence-corrected chi connectivity index (χ1v) is 7.60. The highest BCUT2D eigenvalue weighted by Crippen LogP contribution is 2.20. The van der Waals surface area contributed by atoms with E-state index in [-0.39, 0.29) is 5.78 Å². The lowest BCUT2D eigenvalue weighted by Gasteiger charge is -2.22. The molecule has 0 aliphatic heterocycles. The van der Waals surface area contributed by atoms with Crippen molar-refractivity contribution in [2.24, 2.45) is 0 Å². The Hall–Kier alpha value is -2.61. The maximum atomic E-state index is 12.8. The molecule has 0 N–H and O–H groups in total. The van der Waals surface area contributed by atoms with Crippen LogP contribution in [-0.2, 0) is 0 Å². The van der Waals surface area contributed by atoms with Crippen LogP contribution in [0.5, 0.6) is 0 Å². The summed E-state index contributed by atoms with van der Waals surface area (Å²) in [4.78, 5) is 14.9. The predicted molar refractivity (Wildman–Crippen MR) is 92.6 cm³/mol. The van der Waals surface area contributed by atoms with Crippen molar-refractivity contribution in [2.75, 3.05) is 18.0 Å². The van der Waals surface area contributed by atoms with Gasteiger partial charge in [0.05, 0.1) is 6.54 Å². The van der Waals surface area contributed by atoms with Crippen LogP contribution in [0.2, 0.25) is 0 Å². The van der Waals surface area contributed by atoms with E-state index in [1.165, 1.54) is 0 Å². The summed E-state index contributed by atoms with van der Waals surface area (Å²) >= 11 is 0. The van der Waals surface area contributed by atoms with Crippen molar-refractivity contribution >= 4 is 22.2 Å². The van der Waals surface area contributed by atoms with Crippen molar-refractivity contribution in [3.05, 3.63) is 78.4 Å². The molecule has 0 atom stereocenters. The Bertz CT molecular complexity index is 775. The average Bonchev–Trinajstić information content (AvgIpc) is 2.59. The minimum atomic E-state index is 0.155. The number of carbonyl (C=O) groups is 1. The van der Waals surface area contributed by atoms with Gasteiger partial charge in [0.2, 0.25) is 0 Å². The van der Waals surface area contributed by atoms with Crippen LogP contribution in [0.3, 0.4) is 0 Å². The summed E-state index contributed by atoms with van der Waals surface area (Å²) < 4.78 is 0. The molecule has 2 nitrogen and oxygen atoms in total. The quantitative estimate of drug-likeness (QED) is 0.642. The number of rotatable bonds is 5. The number of hydrogen-bond donors (Lipinski definition) is 0. The Kier molecular flexibility index (Phi) is 4.19. The molecule has 0 bridgehead atoms. The first kappa shape index (κ1) is 14.3. The van der Waals surface area contributed by atoms with E-state index in [4.69, 9.17) is 0 Å². The maximum absolute atomic E-state index is 12.8. The van der Waals surface area contributed by atoms with Gasteiger partial charge in [-0.25, -0.2) is 0 Å². The van der Waals surface area contributed by atoms with Crippen LogP contribution >= 0.6 is 0 Å². The molecule has 0 spiro atoms. The molecule has 0 amide bonds. The minimum absolute atomic E-state index is 0.155. The monoisotopic (exact) mass is 289 g/mol. The largest absolute Gasteiger partial charge is 0.364 e. The van der Waals surface area contributed by atoms with Crippen molar-refractivity contribution in [2.45, 2.75) is 6.92 Å². The van der Waals surface area contributed by atoms with Crippen LogP contribution in [0.1, 0.15) is 17.3 Å².